The Balaban J connectivity index is 2.83. The average Bonchev–Trinajstić information content (AvgIpc) is 2.41. The van der Waals surface area contributed by atoms with Gasteiger partial charge in [-0.05, 0) is 30.9 Å². The van der Waals surface area contributed by atoms with Crippen LogP contribution in [0.25, 0.3) is 0 Å². The minimum atomic E-state index is 0.194. The zero-order valence-electron chi connectivity index (χ0n) is 11.2. The van der Waals surface area contributed by atoms with Crippen molar-refractivity contribution in [2.75, 3.05) is 24.4 Å². The fourth-order valence-electron chi connectivity index (χ4n) is 2.33. The van der Waals surface area contributed by atoms with E-state index in [0.29, 0.717) is 0 Å². The minimum Gasteiger partial charge on any atom is -0.385 e. The summed E-state index contributed by atoms with van der Waals surface area (Å²) >= 11 is 7.42. The number of hydrogen-bond acceptors (Lipinski definition) is 1. The predicted octanol–water partition coefficient (Wildman–Crippen LogP) is 4.84. The van der Waals surface area contributed by atoms with Gasteiger partial charge in [0, 0.05) is 29.8 Å². The molecule has 0 fully saturated rings. The molecule has 0 bridgehead atoms. The van der Waals surface area contributed by atoms with Gasteiger partial charge < -0.3 is 4.74 Å². The minimum absolute atomic E-state index is 0.194. The molecule has 1 aromatic carbocycles. The van der Waals surface area contributed by atoms with Gasteiger partial charge in [-0.25, -0.2) is 0 Å². The van der Waals surface area contributed by atoms with Crippen molar-refractivity contribution in [1.29, 1.82) is 0 Å². The summed E-state index contributed by atoms with van der Waals surface area (Å²) in [6.07, 6.45) is 3.50. The van der Waals surface area contributed by atoms with E-state index in [1.807, 2.05) is 0 Å². The van der Waals surface area contributed by atoms with Gasteiger partial charge in [0.15, 0.2) is 0 Å². The summed E-state index contributed by atoms with van der Waals surface area (Å²) < 4.78 is 5.13. The van der Waals surface area contributed by atoms with Gasteiger partial charge in [-0.15, -0.1) is 0 Å². The first-order valence-electron chi connectivity index (χ1n) is 6.37. The number of aryl methyl sites for hydroxylation is 1. The maximum Gasteiger partial charge on any atom is 0.0462 e. The van der Waals surface area contributed by atoms with E-state index in [0.717, 1.165) is 23.7 Å². The van der Waals surface area contributed by atoms with Gasteiger partial charge in [0.05, 0.1) is 0 Å². The zero-order chi connectivity index (χ0) is 13.4. The normalized spacial score (nSPS) is 11.8. The monoisotopic (exact) mass is 376 g/mol. The molecule has 0 aliphatic heterocycles. The Hall–Kier alpha value is 0.140. The number of unbranched alkanes of at least 4 members (excludes halogenated alkanes) is 1. The second-order valence-electron chi connectivity index (χ2n) is 4.81. The lowest BCUT2D eigenvalue weighted by Gasteiger charge is -2.32. The van der Waals surface area contributed by atoms with Gasteiger partial charge in [-0.2, -0.15) is 0 Å². The topological polar surface area (TPSA) is 9.23 Å². The van der Waals surface area contributed by atoms with Crippen molar-refractivity contribution in [3.63, 3.8) is 0 Å². The smallest absolute Gasteiger partial charge is 0.0462 e. The highest BCUT2D eigenvalue weighted by Gasteiger charge is 2.30. The zero-order valence-corrected chi connectivity index (χ0v) is 14.4. The molecule has 3 heteroatoms. The first-order valence-corrected chi connectivity index (χ1v) is 8.61. The molecular weight excluding hydrogens is 356 g/mol. The number of benzene rings is 1. The van der Waals surface area contributed by atoms with E-state index in [-0.39, 0.29) is 5.41 Å². The fraction of sp³-hybridized carbons (Fsp3) is 0.600. The molecule has 0 saturated heterocycles. The van der Waals surface area contributed by atoms with Crippen molar-refractivity contribution in [3.05, 3.63) is 35.4 Å². The number of ether oxygens (including phenoxy) is 1. The SMILES string of the molecule is COCCCCC(CBr)(CBr)c1ccccc1C. The highest BCUT2D eigenvalue weighted by atomic mass is 79.9. The molecule has 0 saturated carbocycles. The van der Waals surface area contributed by atoms with Crippen LogP contribution in [0.15, 0.2) is 24.3 Å². The van der Waals surface area contributed by atoms with Crippen molar-refractivity contribution in [3.8, 4) is 0 Å². The van der Waals surface area contributed by atoms with Crippen LogP contribution in [0.3, 0.4) is 0 Å². The Morgan fingerprint density at radius 2 is 1.78 bits per heavy atom. The molecule has 0 atom stereocenters. The fourth-order valence-corrected chi connectivity index (χ4v) is 4.42. The van der Waals surface area contributed by atoms with Crippen LogP contribution in [-0.4, -0.2) is 24.4 Å². The highest BCUT2D eigenvalue weighted by molar-refractivity contribution is 9.09. The van der Waals surface area contributed by atoms with Crippen LogP contribution in [0, 0.1) is 6.92 Å². The second kappa shape index (κ2) is 8.34. The van der Waals surface area contributed by atoms with Gasteiger partial charge in [-0.1, -0.05) is 62.5 Å². The van der Waals surface area contributed by atoms with Crippen molar-refractivity contribution >= 4 is 31.9 Å². The van der Waals surface area contributed by atoms with Gasteiger partial charge in [0.2, 0.25) is 0 Å². The van der Waals surface area contributed by atoms with E-state index >= 15 is 0 Å². The van der Waals surface area contributed by atoms with E-state index in [4.69, 9.17) is 4.74 Å². The molecule has 0 aromatic heterocycles. The van der Waals surface area contributed by atoms with Crippen LogP contribution < -0.4 is 0 Å². The lowest BCUT2D eigenvalue weighted by Crippen LogP contribution is -2.31. The molecule has 1 aromatic rings. The van der Waals surface area contributed by atoms with E-state index in [1.54, 1.807) is 7.11 Å². The standard InChI is InChI=1S/C15H22Br2O/c1-13-7-3-4-8-14(13)15(11-16,12-17)9-5-6-10-18-2/h3-4,7-8H,5-6,9-12H2,1-2H3. The molecule has 0 spiro atoms. The third kappa shape index (κ3) is 4.07. The summed E-state index contributed by atoms with van der Waals surface area (Å²) in [5.41, 5.74) is 3.03. The Bertz CT molecular complexity index is 348. The lowest BCUT2D eigenvalue weighted by atomic mass is 9.78. The lowest BCUT2D eigenvalue weighted by molar-refractivity contribution is 0.190. The molecule has 0 radical (unpaired) electrons. The maximum atomic E-state index is 5.13. The third-order valence-corrected chi connectivity index (χ3v) is 5.63. The Morgan fingerprint density at radius 1 is 1.11 bits per heavy atom. The summed E-state index contributed by atoms with van der Waals surface area (Å²) in [4.78, 5) is 0. The Morgan fingerprint density at radius 3 is 2.33 bits per heavy atom. The molecule has 0 N–H and O–H groups in total. The van der Waals surface area contributed by atoms with Gasteiger partial charge in [0.1, 0.15) is 0 Å². The van der Waals surface area contributed by atoms with Crippen LogP contribution in [0.4, 0.5) is 0 Å². The van der Waals surface area contributed by atoms with E-state index in [2.05, 4.69) is 63.0 Å². The van der Waals surface area contributed by atoms with Crippen LogP contribution in [0.2, 0.25) is 0 Å². The molecule has 102 valence electrons. The van der Waals surface area contributed by atoms with E-state index in [9.17, 15) is 0 Å². The maximum absolute atomic E-state index is 5.13. The molecular formula is C15H22Br2O. The summed E-state index contributed by atoms with van der Waals surface area (Å²) in [6.45, 7) is 3.05. The van der Waals surface area contributed by atoms with E-state index < -0.39 is 0 Å². The van der Waals surface area contributed by atoms with Crippen LogP contribution in [0.5, 0.6) is 0 Å². The van der Waals surface area contributed by atoms with Crippen molar-refractivity contribution in [2.24, 2.45) is 0 Å². The largest absolute Gasteiger partial charge is 0.385 e. The number of rotatable bonds is 8. The first kappa shape index (κ1) is 16.2. The van der Waals surface area contributed by atoms with Crippen LogP contribution >= 0.6 is 31.9 Å². The number of halogens is 2. The summed E-state index contributed by atoms with van der Waals surface area (Å²) in [7, 11) is 1.77. The molecule has 0 aliphatic carbocycles. The average molecular weight is 378 g/mol. The second-order valence-corrected chi connectivity index (χ2v) is 5.93. The van der Waals surface area contributed by atoms with Crippen molar-refractivity contribution < 1.29 is 4.74 Å². The molecule has 1 nitrogen and oxygen atoms in total. The molecule has 0 aliphatic rings. The molecule has 0 amide bonds. The Labute approximate surface area is 128 Å². The summed E-state index contributed by atoms with van der Waals surface area (Å²) in [6, 6.07) is 8.70. The van der Waals surface area contributed by atoms with Crippen molar-refractivity contribution in [2.45, 2.75) is 31.6 Å². The van der Waals surface area contributed by atoms with Gasteiger partial charge >= 0.3 is 0 Å². The number of alkyl halides is 2. The Kier molecular flexibility index (Phi) is 7.50. The highest BCUT2D eigenvalue weighted by Crippen LogP contribution is 2.35. The van der Waals surface area contributed by atoms with Crippen molar-refractivity contribution in [1.82, 2.24) is 0 Å². The van der Waals surface area contributed by atoms with Crippen LogP contribution in [-0.2, 0) is 10.2 Å². The molecule has 1 rings (SSSR count). The summed E-state index contributed by atoms with van der Waals surface area (Å²) in [5, 5.41) is 1.98. The number of hydrogen-bond donors (Lipinski definition) is 0. The molecule has 18 heavy (non-hydrogen) atoms. The number of methoxy groups -OCH3 is 1. The quantitative estimate of drug-likeness (QED) is 0.465. The van der Waals surface area contributed by atoms with Crippen LogP contribution in [0.1, 0.15) is 30.4 Å². The molecule has 0 heterocycles. The summed E-state index contributed by atoms with van der Waals surface area (Å²) in [5.74, 6) is 0. The molecule has 0 unspecified atom stereocenters. The van der Waals surface area contributed by atoms with Gasteiger partial charge in [0.25, 0.3) is 0 Å². The predicted molar refractivity (Wildman–Crippen MR) is 86.2 cm³/mol. The van der Waals surface area contributed by atoms with Gasteiger partial charge in [-0.3, -0.25) is 0 Å². The third-order valence-electron chi connectivity index (χ3n) is 3.48. The first-order chi connectivity index (χ1) is 8.70. The van der Waals surface area contributed by atoms with E-state index in [1.165, 1.54) is 24.0 Å².